The van der Waals surface area contributed by atoms with Crippen molar-refractivity contribution in [1.29, 1.82) is 0 Å². The molecular weight excluding hydrogens is 321 g/mol. The smallest absolute Gasteiger partial charge is 0.229 e. The van der Waals surface area contributed by atoms with E-state index in [9.17, 15) is 9.50 Å². The summed E-state index contributed by atoms with van der Waals surface area (Å²) in [6, 6.07) is 5.11. The molecule has 0 aliphatic heterocycles. The minimum atomic E-state index is -0.673. The van der Waals surface area contributed by atoms with Crippen molar-refractivity contribution in [2.75, 3.05) is 11.1 Å². The van der Waals surface area contributed by atoms with Crippen molar-refractivity contribution < 1.29 is 14.2 Å². The molecule has 0 atom stereocenters. The van der Waals surface area contributed by atoms with Gasteiger partial charge in [0, 0.05) is 18.5 Å². The highest BCUT2D eigenvalue weighted by Crippen LogP contribution is 2.38. The Morgan fingerprint density at radius 1 is 1.48 bits per heavy atom. The Balaban J connectivity index is 1.72. The highest BCUT2D eigenvalue weighted by Gasteiger charge is 2.41. The number of aliphatic hydroxyl groups is 1. The Kier molecular flexibility index (Phi) is 4.03. The van der Waals surface area contributed by atoms with Crippen molar-refractivity contribution in [2.45, 2.75) is 24.4 Å². The summed E-state index contributed by atoms with van der Waals surface area (Å²) in [6.45, 7) is 0. The first-order valence-electron chi connectivity index (χ1n) is 7.06. The third-order valence-corrected chi connectivity index (χ3v) is 3.95. The molecule has 0 unspecified atom stereocenters. The van der Waals surface area contributed by atoms with Gasteiger partial charge < -0.3 is 20.9 Å². The van der Waals surface area contributed by atoms with E-state index in [1.165, 1.54) is 0 Å². The van der Waals surface area contributed by atoms with E-state index in [-0.39, 0.29) is 17.9 Å². The summed E-state index contributed by atoms with van der Waals surface area (Å²) in [5, 5.41) is 12.7. The molecule has 1 aromatic heterocycles. The number of hydrogen-bond acceptors (Lipinski definition) is 6. The molecule has 0 radical (unpaired) electrons. The van der Waals surface area contributed by atoms with Crippen LogP contribution in [0.2, 0.25) is 5.02 Å². The van der Waals surface area contributed by atoms with E-state index in [2.05, 4.69) is 15.3 Å². The molecule has 4 N–H and O–H groups in total. The molecule has 1 aliphatic carbocycles. The van der Waals surface area contributed by atoms with Crippen molar-refractivity contribution in [3.05, 3.63) is 35.2 Å². The Hall–Kier alpha value is -2.06. The number of rotatable bonds is 4. The molecule has 1 saturated carbocycles. The summed E-state index contributed by atoms with van der Waals surface area (Å²) in [4.78, 5) is 7.59. The van der Waals surface area contributed by atoms with Gasteiger partial charge in [-0.3, -0.25) is 0 Å². The zero-order valence-corrected chi connectivity index (χ0v) is 13.1. The van der Waals surface area contributed by atoms with Gasteiger partial charge in [-0.1, -0.05) is 11.6 Å². The number of nitrogens with two attached hydrogens (primary N) is 1. The van der Waals surface area contributed by atoms with E-state index >= 15 is 0 Å². The van der Waals surface area contributed by atoms with E-state index in [0.717, 1.165) is 6.20 Å². The van der Waals surface area contributed by atoms with Crippen molar-refractivity contribution in [3.8, 4) is 5.75 Å². The number of ether oxygens (including phenoxy) is 1. The van der Waals surface area contributed by atoms with Crippen LogP contribution in [-0.2, 0) is 0 Å². The minimum absolute atomic E-state index is 0.169. The molecule has 1 fully saturated rings. The molecule has 120 valence electrons. The lowest BCUT2D eigenvalue weighted by molar-refractivity contribution is -0.0396. The van der Waals surface area contributed by atoms with Gasteiger partial charge in [-0.2, -0.15) is 4.98 Å². The van der Waals surface area contributed by atoms with Crippen molar-refractivity contribution in [1.82, 2.24) is 9.97 Å². The normalized spacial score (nSPS) is 23.2. The van der Waals surface area contributed by atoms with Gasteiger partial charge in [0.2, 0.25) is 5.95 Å². The number of aromatic nitrogens is 2. The molecule has 6 nitrogen and oxygen atoms in total. The van der Waals surface area contributed by atoms with Crippen LogP contribution in [0, 0.1) is 5.82 Å². The fraction of sp³-hybridized carbons (Fsp3) is 0.286. The maximum atomic E-state index is 13.0. The number of hydrogen-bond donors (Lipinski definition) is 3. The average molecular weight is 337 g/mol. The number of halogens is 2. The Bertz CT molecular complexity index is 743. The second-order valence-electron chi connectivity index (χ2n) is 5.81. The SMILES string of the molecule is BC1(Oc2ccc(Nc3ncc(F)c(N)n3)cc2Cl)CC(O)C1. The third-order valence-electron chi connectivity index (χ3n) is 3.65. The molecule has 2 aromatic rings. The molecule has 0 amide bonds. The number of nitrogens with zero attached hydrogens (tertiary/aromatic N) is 2. The van der Waals surface area contributed by atoms with Crippen LogP contribution in [0.4, 0.5) is 21.8 Å². The lowest BCUT2D eigenvalue weighted by Crippen LogP contribution is -2.52. The van der Waals surface area contributed by atoms with E-state index in [4.69, 9.17) is 22.1 Å². The zero-order chi connectivity index (χ0) is 16.6. The molecule has 1 aromatic carbocycles. The predicted molar refractivity (Wildman–Crippen MR) is 88.3 cm³/mol. The number of anilines is 3. The second kappa shape index (κ2) is 5.86. The summed E-state index contributed by atoms with van der Waals surface area (Å²) < 4.78 is 18.9. The van der Waals surface area contributed by atoms with Crippen LogP contribution in [0.25, 0.3) is 0 Å². The predicted octanol–water partition coefficient (Wildman–Crippen LogP) is 1.46. The quantitative estimate of drug-likeness (QED) is 0.732. The van der Waals surface area contributed by atoms with E-state index < -0.39 is 11.3 Å². The summed E-state index contributed by atoms with van der Waals surface area (Å²) >= 11 is 6.22. The first-order valence-corrected chi connectivity index (χ1v) is 7.44. The maximum absolute atomic E-state index is 13.0. The van der Waals surface area contributed by atoms with Gasteiger partial charge >= 0.3 is 0 Å². The van der Waals surface area contributed by atoms with Crippen LogP contribution >= 0.6 is 11.6 Å². The average Bonchev–Trinajstić information content (AvgIpc) is 2.44. The van der Waals surface area contributed by atoms with Gasteiger partial charge in [0.05, 0.1) is 22.8 Å². The molecule has 3 rings (SSSR count). The zero-order valence-electron chi connectivity index (χ0n) is 12.4. The molecule has 0 saturated heterocycles. The molecular formula is C14H15BClFN4O2. The van der Waals surface area contributed by atoms with Crippen molar-refractivity contribution in [2.24, 2.45) is 0 Å². The van der Waals surface area contributed by atoms with Gasteiger partial charge in [-0.05, 0) is 18.2 Å². The highest BCUT2D eigenvalue weighted by molar-refractivity contribution is 6.32. The number of benzene rings is 1. The van der Waals surface area contributed by atoms with Crippen LogP contribution in [0.15, 0.2) is 24.4 Å². The lowest BCUT2D eigenvalue weighted by atomic mass is 9.64. The minimum Gasteiger partial charge on any atom is -0.495 e. The highest BCUT2D eigenvalue weighted by atomic mass is 35.5. The largest absolute Gasteiger partial charge is 0.495 e. The summed E-state index contributed by atoms with van der Waals surface area (Å²) in [7, 11) is 1.93. The lowest BCUT2D eigenvalue weighted by Gasteiger charge is -2.43. The van der Waals surface area contributed by atoms with Gasteiger partial charge in [0.1, 0.15) is 5.75 Å². The molecule has 1 aliphatic rings. The van der Waals surface area contributed by atoms with E-state index in [1.54, 1.807) is 18.2 Å². The van der Waals surface area contributed by atoms with Gasteiger partial charge in [-0.25, -0.2) is 9.37 Å². The Morgan fingerprint density at radius 2 is 2.22 bits per heavy atom. The first kappa shape index (κ1) is 15.8. The van der Waals surface area contributed by atoms with Gasteiger partial charge in [0.15, 0.2) is 19.5 Å². The van der Waals surface area contributed by atoms with Crippen LogP contribution in [0.5, 0.6) is 5.75 Å². The van der Waals surface area contributed by atoms with E-state index in [1.807, 2.05) is 7.85 Å². The number of nitrogens with one attached hydrogen (secondary N) is 1. The first-order chi connectivity index (χ1) is 10.8. The van der Waals surface area contributed by atoms with Crippen LogP contribution in [0.3, 0.4) is 0 Å². The Morgan fingerprint density at radius 3 is 2.83 bits per heavy atom. The summed E-state index contributed by atoms with van der Waals surface area (Å²) in [5.41, 5.74) is 5.62. The third kappa shape index (κ3) is 3.48. The molecule has 9 heteroatoms. The van der Waals surface area contributed by atoms with E-state index in [0.29, 0.717) is 29.3 Å². The van der Waals surface area contributed by atoms with Crippen molar-refractivity contribution in [3.63, 3.8) is 0 Å². The second-order valence-corrected chi connectivity index (χ2v) is 6.22. The molecule has 1 heterocycles. The fourth-order valence-corrected chi connectivity index (χ4v) is 2.74. The van der Waals surface area contributed by atoms with Gasteiger partial charge in [-0.15, -0.1) is 0 Å². The molecule has 23 heavy (non-hydrogen) atoms. The fourth-order valence-electron chi connectivity index (χ4n) is 2.52. The summed E-state index contributed by atoms with van der Waals surface area (Å²) in [6.07, 6.45) is 1.82. The van der Waals surface area contributed by atoms with Crippen LogP contribution < -0.4 is 15.8 Å². The maximum Gasteiger partial charge on any atom is 0.229 e. The monoisotopic (exact) mass is 336 g/mol. The standard InChI is InChI=1S/C14H15BClFN4O2/c15-14(4-8(22)5-14)23-11-2-1-7(3-9(11)16)20-13-19-6-10(17)12(18)21-13/h1-3,6,8,22H,4-5,15H2,(H3,18,19,20,21). The summed E-state index contributed by atoms with van der Waals surface area (Å²) in [5.74, 6) is -0.202. The van der Waals surface area contributed by atoms with Crippen molar-refractivity contribution >= 4 is 36.9 Å². The van der Waals surface area contributed by atoms with Gasteiger partial charge in [0.25, 0.3) is 0 Å². The molecule has 0 spiro atoms. The van der Waals surface area contributed by atoms with Crippen LogP contribution in [-0.4, -0.2) is 34.5 Å². The number of aliphatic hydroxyl groups excluding tert-OH is 1. The number of nitrogen functional groups attached to an aromatic ring is 1. The Labute approximate surface area is 138 Å². The topological polar surface area (TPSA) is 93.3 Å². The molecule has 0 bridgehead atoms. The van der Waals surface area contributed by atoms with Crippen LogP contribution in [0.1, 0.15) is 12.8 Å².